The molecule has 0 aliphatic carbocycles. The molecule has 0 spiro atoms. The third-order valence-electron chi connectivity index (χ3n) is 2.82. The maximum atomic E-state index is 5.49. The van der Waals surface area contributed by atoms with E-state index in [1.54, 1.807) is 13.2 Å². The molecule has 0 unspecified atom stereocenters. The maximum Gasteiger partial charge on any atom is 0.191 e. The van der Waals surface area contributed by atoms with E-state index in [9.17, 15) is 0 Å². The van der Waals surface area contributed by atoms with E-state index in [4.69, 9.17) is 4.74 Å². The van der Waals surface area contributed by atoms with Crippen molar-refractivity contribution >= 4 is 29.9 Å². The summed E-state index contributed by atoms with van der Waals surface area (Å²) in [6, 6.07) is 1.94. The van der Waals surface area contributed by atoms with Gasteiger partial charge in [0.05, 0.1) is 6.61 Å². The van der Waals surface area contributed by atoms with Crippen LogP contribution < -0.4 is 10.6 Å². The molecule has 0 radical (unpaired) electrons. The lowest BCUT2D eigenvalue weighted by atomic mass is 10.4. The molecule has 1 rings (SSSR count). The maximum absolute atomic E-state index is 5.49. The molecule has 1 aromatic rings. The predicted octanol–water partition coefficient (Wildman–Crippen LogP) is 1.87. The zero-order valence-corrected chi connectivity index (χ0v) is 15.4. The zero-order valence-electron chi connectivity index (χ0n) is 13.0. The highest BCUT2D eigenvalue weighted by molar-refractivity contribution is 14.0. The number of guanidine groups is 1. The first-order chi connectivity index (χ1) is 9.86. The zero-order chi connectivity index (χ0) is 14.5. The fourth-order valence-corrected chi connectivity index (χ4v) is 1.69. The van der Waals surface area contributed by atoms with Crippen molar-refractivity contribution in [2.24, 2.45) is 4.99 Å². The average Bonchev–Trinajstić information content (AvgIpc) is 2.98. The second-order valence-electron chi connectivity index (χ2n) is 4.51. The Bertz CT molecular complexity index is 356. The summed E-state index contributed by atoms with van der Waals surface area (Å²) in [5.74, 6) is 0.824. The fourth-order valence-electron chi connectivity index (χ4n) is 1.69. The van der Waals surface area contributed by atoms with Crippen molar-refractivity contribution in [2.45, 2.75) is 32.7 Å². The summed E-state index contributed by atoms with van der Waals surface area (Å²) in [5.41, 5.74) is 0. The van der Waals surface area contributed by atoms with Crippen molar-refractivity contribution in [1.29, 1.82) is 0 Å². The molecule has 7 heteroatoms. The van der Waals surface area contributed by atoms with Crippen LogP contribution in [0.4, 0.5) is 0 Å². The number of ether oxygens (including phenoxy) is 1. The highest BCUT2D eigenvalue weighted by Gasteiger charge is 1.97. The Balaban J connectivity index is 0.00000400. The summed E-state index contributed by atoms with van der Waals surface area (Å²) in [5, 5.41) is 10.7. The van der Waals surface area contributed by atoms with Gasteiger partial charge in [0, 0.05) is 45.7 Å². The van der Waals surface area contributed by atoms with E-state index in [1.807, 2.05) is 16.9 Å². The number of nitrogens with one attached hydrogen (secondary N) is 2. The second kappa shape index (κ2) is 14.1. The van der Waals surface area contributed by atoms with Gasteiger partial charge < -0.3 is 15.4 Å². The summed E-state index contributed by atoms with van der Waals surface area (Å²) in [7, 11) is 1.78. The smallest absolute Gasteiger partial charge is 0.191 e. The summed E-state index contributed by atoms with van der Waals surface area (Å²) in [4.78, 5) is 4.17. The Kier molecular flexibility index (Phi) is 13.6. The minimum Gasteiger partial charge on any atom is -0.380 e. The molecule has 1 heterocycles. The van der Waals surface area contributed by atoms with Crippen molar-refractivity contribution in [1.82, 2.24) is 20.4 Å². The van der Waals surface area contributed by atoms with Gasteiger partial charge in [-0.2, -0.15) is 5.10 Å². The number of nitrogens with zero attached hydrogens (tertiary/aromatic N) is 3. The number of aliphatic imine (C=N–C) groups is 1. The van der Waals surface area contributed by atoms with Crippen molar-refractivity contribution in [3.63, 3.8) is 0 Å². The molecule has 0 atom stereocenters. The number of aromatic nitrogens is 2. The lowest BCUT2D eigenvalue weighted by Crippen LogP contribution is -2.39. The van der Waals surface area contributed by atoms with Gasteiger partial charge in [0.2, 0.25) is 0 Å². The van der Waals surface area contributed by atoms with Gasteiger partial charge in [0.1, 0.15) is 0 Å². The average molecular weight is 409 g/mol. The lowest BCUT2D eigenvalue weighted by molar-refractivity contribution is 0.136. The van der Waals surface area contributed by atoms with E-state index in [-0.39, 0.29) is 24.0 Å². The van der Waals surface area contributed by atoms with Crippen LogP contribution in [0.3, 0.4) is 0 Å². The molecule has 2 N–H and O–H groups in total. The minimum atomic E-state index is 0. The van der Waals surface area contributed by atoms with Gasteiger partial charge in [-0.05, 0) is 18.9 Å². The normalized spacial score (nSPS) is 11.0. The Labute approximate surface area is 144 Å². The molecule has 0 aliphatic rings. The van der Waals surface area contributed by atoms with Crippen molar-refractivity contribution in [3.05, 3.63) is 18.5 Å². The van der Waals surface area contributed by atoms with Gasteiger partial charge in [-0.3, -0.25) is 9.67 Å². The topological polar surface area (TPSA) is 63.5 Å². The number of aryl methyl sites for hydroxylation is 1. The molecule has 1 aromatic heterocycles. The van der Waals surface area contributed by atoms with Crippen LogP contribution in [0.2, 0.25) is 0 Å². The molecule has 0 aromatic carbocycles. The van der Waals surface area contributed by atoms with Crippen LogP contribution in [-0.4, -0.2) is 49.1 Å². The summed E-state index contributed by atoms with van der Waals surface area (Å²) < 4.78 is 7.42. The molecule has 21 heavy (non-hydrogen) atoms. The number of rotatable bonds is 10. The SMILES string of the molecule is CCCCOCCNC(=NC)NCCCn1cccn1.I. The van der Waals surface area contributed by atoms with Gasteiger partial charge in [-0.25, -0.2) is 0 Å². The minimum absolute atomic E-state index is 0. The first-order valence-electron chi connectivity index (χ1n) is 7.36. The van der Waals surface area contributed by atoms with E-state index in [2.05, 4.69) is 27.6 Å². The molecule has 6 nitrogen and oxygen atoms in total. The summed E-state index contributed by atoms with van der Waals surface area (Å²) in [6.07, 6.45) is 7.08. The van der Waals surface area contributed by atoms with Gasteiger partial charge in [-0.1, -0.05) is 13.3 Å². The fraction of sp³-hybridized carbons (Fsp3) is 0.714. The number of hydrogen-bond donors (Lipinski definition) is 2. The van der Waals surface area contributed by atoms with E-state index in [0.717, 1.165) is 45.0 Å². The van der Waals surface area contributed by atoms with Crippen molar-refractivity contribution in [2.75, 3.05) is 33.4 Å². The quantitative estimate of drug-likeness (QED) is 0.268. The van der Waals surface area contributed by atoms with Crippen molar-refractivity contribution < 1.29 is 4.74 Å². The van der Waals surface area contributed by atoms with Gasteiger partial charge >= 0.3 is 0 Å². The van der Waals surface area contributed by atoms with Crippen LogP contribution in [-0.2, 0) is 11.3 Å². The first-order valence-corrected chi connectivity index (χ1v) is 7.36. The predicted molar refractivity (Wildman–Crippen MR) is 97.4 cm³/mol. The molecule has 0 aliphatic heterocycles. The Hall–Kier alpha value is -0.830. The molecular weight excluding hydrogens is 381 g/mol. The van der Waals surface area contributed by atoms with Gasteiger partial charge in [0.15, 0.2) is 5.96 Å². The largest absolute Gasteiger partial charge is 0.380 e. The van der Waals surface area contributed by atoms with Crippen LogP contribution in [0.5, 0.6) is 0 Å². The highest BCUT2D eigenvalue weighted by atomic mass is 127. The Morgan fingerprint density at radius 2 is 2.05 bits per heavy atom. The second-order valence-corrected chi connectivity index (χ2v) is 4.51. The summed E-state index contributed by atoms with van der Waals surface area (Å²) >= 11 is 0. The Morgan fingerprint density at radius 3 is 2.71 bits per heavy atom. The van der Waals surface area contributed by atoms with Crippen LogP contribution >= 0.6 is 24.0 Å². The molecule has 0 saturated heterocycles. The molecule has 122 valence electrons. The number of halogens is 1. The van der Waals surface area contributed by atoms with Gasteiger partial charge in [-0.15, -0.1) is 24.0 Å². The highest BCUT2D eigenvalue weighted by Crippen LogP contribution is 1.88. The Morgan fingerprint density at radius 1 is 1.24 bits per heavy atom. The van der Waals surface area contributed by atoms with Crippen LogP contribution in [0.15, 0.2) is 23.5 Å². The van der Waals surface area contributed by atoms with E-state index < -0.39 is 0 Å². The molecular formula is C14H28IN5O. The van der Waals surface area contributed by atoms with E-state index >= 15 is 0 Å². The van der Waals surface area contributed by atoms with Crippen LogP contribution in [0.1, 0.15) is 26.2 Å². The van der Waals surface area contributed by atoms with Crippen molar-refractivity contribution in [3.8, 4) is 0 Å². The molecule has 0 amide bonds. The van der Waals surface area contributed by atoms with Crippen LogP contribution in [0.25, 0.3) is 0 Å². The van der Waals surface area contributed by atoms with E-state index in [1.165, 1.54) is 6.42 Å². The van der Waals surface area contributed by atoms with Crippen LogP contribution in [0, 0.1) is 0 Å². The molecule has 0 bridgehead atoms. The standard InChI is InChI=1S/C14H27N5O.HI/c1-3-4-12-20-13-9-17-14(15-2)16-7-5-10-19-11-6-8-18-19;/h6,8,11H,3-5,7,9-10,12-13H2,1-2H3,(H2,15,16,17);1H. The third kappa shape index (κ3) is 10.5. The molecule has 0 saturated carbocycles. The number of unbranched alkanes of at least 4 members (excludes halogenated alkanes) is 1. The lowest BCUT2D eigenvalue weighted by Gasteiger charge is -2.12. The molecule has 0 fully saturated rings. The third-order valence-corrected chi connectivity index (χ3v) is 2.82. The van der Waals surface area contributed by atoms with Gasteiger partial charge in [0.25, 0.3) is 0 Å². The first kappa shape index (κ1) is 20.2. The monoisotopic (exact) mass is 409 g/mol. The number of hydrogen-bond acceptors (Lipinski definition) is 3. The summed E-state index contributed by atoms with van der Waals surface area (Å²) in [6.45, 7) is 6.29. The van der Waals surface area contributed by atoms with E-state index in [0.29, 0.717) is 6.61 Å².